The average Bonchev–Trinajstić information content (AvgIpc) is 3.03. The molecule has 134 valence electrons. The van der Waals surface area contributed by atoms with Crippen molar-refractivity contribution in [1.82, 2.24) is 19.7 Å². The minimum atomic E-state index is -0.412. The molecule has 2 atom stereocenters. The minimum absolute atomic E-state index is 0.0270. The Morgan fingerprint density at radius 1 is 1.32 bits per heavy atom. The molecule has 0 fully saturated rings. The van der Waals surface area contributed by atoms with Crippen LogP contribution in [-0.2, 0) is 17.8 Å². The van der Waals surface area contributed by atoms with Gasteiger partial charge in [-0.3, -0.25) is 4.79 Å². The highest BCUT2D eigenvalue weighted by atomic mass is 16.2. The summed E-state index contributed by atoms with van der Waals surface area (Å²) in [5.74, 6) is 1.83. The third-order valence-electron chi connectivity index (χ3n) is 4.80. The van der Waals surface area contributed by atoms with E-state index in [4.69, 9.17) is 5.73 Å². The van der Waals surface area contributed by atoms with Crippen LogP contribution in [0.5, 0.6) is 0 Å². The zero-order valence-electron chi connectivity index (χ0n) is 15.1. The van der Waals surface area contributed by atoms with Gasteiger partial charge in [-0.1, -0.05) is 50.1 Å². The van der Waals surface area contributed by atoms with Crippen LogP contribution in [0.4, 0.5) is 0 Å². The molecule has 0 bridgehead atoms. The summed E-state index contributed by atoms with van der Waals surface area (Å²) < 4.78 is 2.17. The van der Waals surface area contributed by atoms with Crippen LogP contribution in [0.15, 0.2) is 30.3 Å². The fourth-order valence-corrected chi connectivity index (χ4v) is 3.46. The van der Waals surface area contributed by atoms with Crippen molar-refractivity contribution in [1.29, 1.82) is 0 Å². The average molecular weight is 341 g/mol. The van der Waals surface area contributed by atoms with Crippen LogP contribution in [0.1, 0.15) is 56.4 Å². The van der Waals surface area contributed by atoms with Crippen LogP contribution < -0.4 is 5.73 Å². The molecule has 2 N–H and O–H groups in total. The molecule has 3 rings (SSSR count). The molecular weight excluding hydrogens is 314 g/mol. The molecule has 1 aromatic carbocycles. The maximum Gasteiger partial charge on any atom is 0.239 e. The number of benzene rings is 1. The van der Waals surface area contributed by atoms with E-state index in [0.29, 0.717) is 13.1 Å². The number of fused-ring (bicyclic) bond motifs is 1. The highest BCUT2D eigenvalue weighted by Crippen LogP contribution is 2.23. The van der Waals surface area contributed by atoms with E-state index in [0.717, 1.165) is 37.3 Å². The first-order chi connectivity index (χ1) is 12.1. The SMILES string of the molecule is CCCC[C@H](N)C(=O)N1Cc2nnc(Cc3ccccc3)n2[C@@H](C)C1. The van der Waals surface area contributed by atoms with Crippen LogP contribution in [0.25, 0.3) is 0 Å². The van der Waals surface area contributed by atoms with Gasteiger partial charge in [0.05, 0.1) is 18.6 Å². The standard InChI is InChI=1S/C19H27N5O/c1-3-4-10-16(20)19(25)23-12-14(2)24-17(21-22-18(24)13-23)11-15-8-6-5-7-9-15/h5-9,14,16H,3-4,10-13,20H2,1-2H3/t14-,16-/m0/s1. The topological polar surface area (TPSA) is 77.0 Å². The maximum absolute atomic E-state index is 12.6. The number of nitrogens with zero attached hydrogens (tertiary/aromatic N) is 4. The summed E-state index contributed by atoms with van der Waals surface area (Å²) in [4.78, 5) is 14.4. The van der Waals surface area contributed by atoms with E-state index < -0.39 is 6.04 Å². The Morgan fingerprint density at radius 3 is 2.80 bits per heavy atom. The molecule has 0 unspecified atom stereocenters. The van der Waals surface area contributed by atoms with Gasteiger partial charge in [0.1, 0.15) is 5.82 Å². The van der Waals surface area contributed by atoms with Gasteiger partial charge in [0, 0.05) is 13.0 Å². The van der Waals surface area contributed by atoms with Crippen molar-refractivity contribution in [2.24, 2.45) is 5.73 Å². The summed E-state index contributed by atoms with van der Waals surface area (Å²) in [5, 5.41) is 8.71. The van der Waals surface area contributed by atoms with Crippen molar-refractivity contribution in [2.45, 2.75) is 58.2 Å². The van der Waals surface area contributed by atoms with Gasteiger partial charge in [0.15, 0.2) is 5.82 Å². The summed E-state index contributed by atoms with van der Waals surface area (Å²) >= 11 is 0. The second-order valence-electron chi connectivity index (χ2n) is 6.88. The van der Waals surface area contributed by atoms with Crippen molar-refractivity contribution in [3.63, 3.8) is 0 Å². The van der Waals surface area contributed by atoms with E-state index in [1.807, 2.05) is 23.1 Å². The molecule has 1 aliphatic rings. The lowest BCUT2D eigenvalue weighted by molar-refractivity contribution is -0.134. The molecule has 25 heavy (non-hydrogen) atoms. The van der Waals surface area contributed by atoms with Gasteiger partial charge in [0.2, 0.25) is 5.91 Å². The number of hydrogen-bond donors (Lipinski definition) is 1. The first kappa shape index (κ1) is 17.6. The molecule has 1 aliphatic heterocycles. The molecule has 0 spiro atoms. The molecule has 0 saturated heterocycles. The van der Waals surface area contributed by atoms with Gasteiger partial charge in [0.25, 0.3) is 0 Å². The highest BCUT2D eigenvalue weighted by molar-refractivity contribution is 5.81. The van der Waals surface area contributed by atoms with Crippen LogP contribution in [0, 0.1) is 0 Å². The van der Waals surface area contributed by atoms with Crippen molar-refractivity contribution in [3.8, 4) is 0 Å². The quantitative estimate of drug-likeness (QED) is 0.874. The Balaban J connectivity index is 1.73. The van der Waals surface area contributed by atoms with Crippen molar-refractivity contribution in [3.05, 3.63) is 47.5 Å². The molecule has 0 saturated carbocycles. The fraction of sp³-hybridized carbons (Fsp3) is 0.526. The Bertz CT molecular complexity index is 712. The zero-order valence-corrected chi connectivity index (χ0v) is 15.1. The van der Waals surface area contributed by atoms with E-state index in [1.54, 1.807) is 0 Å². The second kappa shape index (κ2) is 7.78. The van der Waals surface area contributed by atoms with Gasteiger partial charge < -0.3 is 15.2 Å². The molecule has 1 amide bonds. The number of carbonyl (C=O) groups excluding carboxylic acids is 1. The summed E-state index contributed by atoms with van der Waals surface area (Å²) in [6.07, 6.45) is 3.52. The molecule has 0 aliphatic carbocycles. The summed E-state index contributed by atoms with van der Waals surface area (Å²) in [6, 6.07) is 10.0. The molecular formula is C19H27N5O. The van der Waals surface area contributed by atoms with Crippen LogP contribution in [0.3, 0.4) is 0 Å². The smallest absolute Gasteiger partial charge is 0.239 e. The predicted molar refractivity (Wildman–Crippen MR) is 96.9 cm³/mol. The first-order valence-corrected chi connectivity index (χ1v) is 9.11. The number of aromatic nitrogens is 3. The normalized spacial score (nSPS) is 18.0. The van der Waals surface area contributed by atoms with Crippen molar-refractivity contribution >= 4 is 5.91 Å². The minimum Gasteiger partial charge on any atom is -0.332 e. The van der Waals surface area contributed by atoms with Gasteiger partial charge in [-0.25, -0.2) is 0 Å². The molecule has 6 heteroatoms. The number of carbonyl (C=O) groups is 1. The molecule has 2 aromatic rings. The summed E-state index contributed by atoms with van der Waals surface area (Å²) in [5.41, 5.74) is 7.29. The molecule has 0 radical (unpaired) electrons. The lowest BCUT2D eigenvalue weighted by atomic mass is 10.1. The highest BCUT2D eigenvalue weighted by Gasteiger charge is 2.31. The third-order valence-corrected chi connectivity index (χ3v) is 4.80. The number of nitrogens with two attached hydrogens (primary N) is 1. The lowest BCUT2D eigenvalue weighted by Gasteiger charge is -2.34. The van der Waals surface area contributed by atoms with E-state index >= 15 is 0 Å². The molecule has 2 heterocycles. The first-order valence-electron chi connectivity index (χ1n) is 9.11. The third kappa shape index (κ3) is 3.90. The zero-order chi connectivity index (χ0) is 17.8. The van der Waals surface area contributed by atoms with E-state index in [2.05, 4.69) is 40.7 Å². The van der Waals surface area contributed by atoms with E-state index in [9.17, 15) is 4.79 Å². The molecule has 6 nitrogen and oxygen atoms in total. The van der Waals surface area contributed by atoms with Crippen LogP contribution in [0.2, 0.25) is 0 Å². The second-order valence-corrected chi connectivity index (χ2v) is 6.88. The van der Waals surface area contributed by atoms with E-state index in [1.165, 1.54) is 5.56 Å². The Morgan fingerprint density at radius 2 is 2.08 bits per heavy atom. The maximum atomic E-state index is 12.6. The van der Waals surface area contributed by atoms with Crippen LogP contribution in [-0.4, -0.2) is 38.2 Å². The number of hydrogen-bond acceptors (Lipinski definition) is 4. The lowest BCUT2D eigenvalue weighted by Crippen LogP contribution is -2.48. The van der Waals surface area contributed by atoms with Gasteiger partial charge in [-0.15, -0.1) is 10.2 Å². The van der Waals surface area contributed by atoms with Crippen molar-refractivity contribution in [2.75, 3.05) is 6.54 Å². The van der Waals surface area contributed by atoms with Crippen molar-refractivity contribution < 1.29 is 4.79 Å². The van der Waals surface area contributed by atoms with Crippen LogP contribution >= 0.6 is 0 Å². The van der Waals surface area contributed by atoms with E-state index in [-0.39, 0.29) is 11.9 Å². The number of unbranched alkanes of at least 4 members (excludes halogenated alkanes) is 1. The predicted octanol–water partition coefficient (Wildman–Crippen LogP) is 2.29. The Kier molecular flexibility index (Phi) is 5.48. The number of rotatable bonds is 6. The van der Waals surface area contributed by atoms with Gasteiger partial charge >= 0.3 is 0 Å². The monoisotopic (exact) mass is 341 g/mol. The fourth-order valence-electron chi connectivity index (χ4n) is 3.46. The Labute approximate surface area is 149 Å². The van der Waals surface area contributed by atoms with Gasteiger partial charge in [-0.2, -0.15) is 0 Å². The Hall–Kier alpha value is -2.21. The summed E-state index contributed by atoms with van der Waals surface area (Å²) in [7, 11) is 0. The summed E-state index contributed by atoms with van der Waals surface area (Å²) in [6.45, 7) is 5.37. The van der Waals surface area contributed by atoms with Gasteiger partial charge in [-0.05, 0) is 18.9 Å². The number of amides is 1. The largest absolute Gasteiger partial charge is 0.332 e. The molecule has 1 aromatic heterocycles.